The van der Waals surface area contributed by atoms with E-state index in [1.165, 1.54) is 12.1 Å². The highest BCUT2D eigenvalue weighted by molar-refractivity contribution is 5.92. The number of carbonyl (C=O) groups excluding carboxylic acids is 1. The minimum Gasteiger partial charge on any atom is -0.488 e. The molecule has 0 atom stereocenters. The minimum atomic E-state index is -0.531. The lowest BCUT2D eigenvalue weighted by Gasteiger charge is -2.10. The first-order valence-electron chi connectivity index (χ1n) is 6.58. The Bertz CT molecular complexity index is 443. The Morgan fingerprint density at radius 3 is 2.62 bits per heavy atom. The van der Waals surface area contributed by atoms with E-state index in [4.69, 9.17) is 14.2 Å². The van der Waals surface area contributed by atoms with Crippen LogP contribution in [0.2, 0.25) is 0 Å². The molecule has 0 aliphatic carbocycles. The Morgan fingerprint density at radius 2 is 1.95 bits per heavy atom. The van der Waals surface area contributed by atoms with Crippen molar-refractivity contribution in [2.45, 2.75) is 0 Å². The highest BCUT2D eigenvalue weighted by atomic mass is 19.1. The summed E-state index contributed by atoms with van der Waals surface area (Å²) >= 11 is 0. The number of benzene rings is 1. The van der Waals surface area contributed by atoms with Crippen LogP contribution in [0.25, 0.3) is 0 Å². The SMILES string of the molecule is COCCNCC(=O)Nc1ccc(OCCOC)c(F)c1. The van der Waals surface area contributed by atoms with Crippen molar-refractivity contribution >= 4 is 11.6 Å². The molecule has 0 saturated carbocycles. The van der Waals surface area contributed by atoms with Crippen LogP contribution in [0.1, 0.15) is 0 Å². The van der Waals surface area contributed by atoms with Crippen molar-refractivity contribution in [3.8, 4) is 5.75 Å². The van der Waals surface area contributed by atoms with Gasteiger partial charge in [-0.15, -0.1) is 0 Å². The largest absolute Gasteiger partial charge is 0.488 e. The molecule has 1 aromatic carbocycles. The zero-order chi connectivity index (χ0) is 15.5. The van der Waals surface area contributed by atoms with E-state index < -0.39 is 5.82 Å². The summed E-state index contributed by atoms with van der Waals surface area (Å²) in [6.45, 7) is 1.88. The summed E-state index contributed by atoms with van der Waals surface area (Å²) in [5.74, 6) is -0.655. The van der Waals surface area contributed by atoms with E-state index in [2.05, 4.69) is 10.6 Å². The normalized spacial score (nSPS) is 10.4. The standard InChI is InChI=1S/C14H21FN2O4/c1-19-6-5-16-10-14(18)17-11-3-4-13(12(15)9-11)21-8-7-20-2/h3-4,9,16H,5-8,10H2,1-2H3,(H,17,18). The first kappa shape index (κ1) is 17.4. The number of anilines is 1. The average molecular weight is 300 g/mol. The van der Waals surface area contributed by atoms with Crippen molar-refractivity contribution in [3.63, 3.8) is 0 Å². The predicted octanol–water partition coefficient (Wildman–Crippen LogP) is 1.03. The Balaban J connectivity index is 2.41. The van der Waals surface area contributed by atoms with Gasteiger partial charge in [0.2, 0.25) is 5.91 Å². The molecule has 0 radical (unpaired) electrons. The quantitative estimate of drug-likeness (QED) is 0.632. The van der Waals surface area contributed by atoms with Crippen LogP contribution in [-0.2, 0) is 14.3 Å². The number of rotatable bonds is 10. The van der Waals surface area contributed by atoms with Gasteiger partial charge >= 0.3 is 0 Å². The molecule has 0 aliphatic rings. The van der Waals surface area contributed by atoms with Gasteiger partial charge in [0.1, 0.15) is 6.61 Å². The van der Waals surface area contributed by atoms with E-state index in [0.717, 1.165) is 0 Å². The van der Waals surface area contributed by atoms with Crippen molar-refractivity contribution in [1.29, 1.82) is 0 Å². The fourth-order valence-electron chi connectivity index (χ4n) is 1.51. The smallest absolute Gasteiger partial charge is 0.238 e. The number of nitrogens with one attached hydrogen (secondary N) is 2. The zero-order valence-corrected chi connectivity index (χ0v) is 12.3. The lowest BCUT2D eigenvalue weighted by Crippen LogP contribution is -2.30. The average Bonchev–Trinajstić information content (AvgIpc) is 2.46. The van der Waals surface area contributed by atoms with Gasteiger partial charge in [-0.25, -0.2) is 4.39 Å². The van der Waals surface area contributed by atoms with E-state index in [9.17, 15) is 9.18 Å². The van der Waals surface area contributed by atoms with Crippen LogP contribution in [-0.4, -0.2) is 53.0 Å². The number of ether oxygens (including phenoxy) is 3. The second-order valence-corrected chi connectivity index (χ2v) is 4.20. The van der Waals surface area contributed by atoms with Gasteiger partial charge in [0, 0.05) is 32.5 Å². The summed E-state index contributed by atoms with van der Waals surface area (Å²) in [5, 5.41) is 5.49. The molecule has 1 amide bonds. The number of hydrogen-bond acceptors (Lipinski definition) is 5. The van der Waals surface area contributed by atoms with E-state index in [1.54, 1.807) is 20.3 Å². The lowest BCUT2D eigenvalue weighted by atomic mass is 10.3. The predicted molar refractivity (Wildman–Crippen MR) is 77.1 cm³/mol. The van der Waals surface area contributed by atoms with Gasteiger partial charge < -0.3 is 24.8 Å². The molecule has 0 spiro atoms. The molecule has 2 N–H and O–H groups in total. The van der Waals surface area contributed by atoms with Crippen LogP contribution in [0.15, 0.2) is 18.2 Å². The number of hydrogen-bond donors (Lipinski definition) is 2. The summed E-state index contributed by atoms with van der Waals surface area (Å²) < 4.78 is 28.6. The zero-order valence-electron chi connectivity index (χ0n) is 12.3. The molecule has 118 valence electrons. The van der Waals surface area contributed by atoms with Crippen molar-refractivity contribution < 1.29 is 23.4 Å². The molecule has 0 heterocycles. The molecule has 0 bridgehead atoms. The molecular formula is C14H21FN2O4. The van der Waals surface area contributed by atoms with Crippen LogP contribution in [0.4, 0.5) is 10.1 Å². The summed E-state index contributed by atoms with van der Waals surface area (Å²) in [6.07, 6.45) is 0. The molecule has 21 heavy (non-hydrogen) atoms. The fraction of sp³-hybridized carbons (Fsp3) is 0.500. The van der Waals surface area contributed by atoms with Gasteiger partial charge in [-0.05, 0) is 12.1 Å². The molecule has 0 fully saturated rings. The van der Waals surface area contributed by atoms with Gasteiger partial charge in [0.25, 0.3) is 0 Å². The third kappa shape index (κ3) is 7.03. The molecule has 0 unspecified atom stereocenters. The fourth-order valence-corrected chi connectivity index (χ4v) is 1.51. The molecule has 0 aromatic heterocycles. The summed E-state index contributed by atoms with van der Waals surface area (Å²) in [6, 6.07) is 4.27. The highest BCUT2D eigenvalue weighted by Gasteiger charge is 2.07. The van der Waals surface area contributed by atoms with Crippen LogP contribution in [0.5, 0.6) is 5.75 Å². The second-order valence-electron chi connectivity index (χ2n) is 4.20. The van der Waals surface area contributed by atoms with Crippen LogP contribution < -0.4 is 15.4 Å². The molecule has 6 nitrogen and oxygen atoms in total. The number of methoxy groups -OCH3 is 2. The Morgan fingerprint density at radius 1 is 1.19 bits per heavy atom. The molecule has 0 saturated heterocycles. The highest BCUT2D eigenvalue weighted by Crippen LogP contribution is 2.21. The number of amides is 1. The topological polar surface area (TPSA) is 68.8 Å². The van der Waals surface area contributed by atoms with Crippen LogP contribution in [0, 0.1) is 5.82 Å². The third-order valence-corrected chi connectivity index (χ3v) is 2.53. The first-order chi connectivity index (χ1) is 10.2. The second kappa shape index (κ2) is 10.1. The molecular weight excluding hydrogens is 279 g/mol. The maximum absolute atomic E-state index is 13.7. The summed E-state index contributed by atoms with van der Waals surface area (Å²) in [7, 11) is 3.12. The summed E-state index contributed by atoms with van der Waals surface area (Å²) in [5.41, 5.74) is 0.380. The molecule has 1 aromatic rings. The van der Waals surface area contributed by atoms with Gasteiger partial charge in [0.05, 0.1) is 19.8 Å². The number of carbonyl (C=O) groups is 1. The molecule has 7 heteroatoms. The summed E-state index contributed by atoms with van der Waals surface area (Å²) in [4.78, 5) is 11.6. The van der Waals surface area contributed by atoms with Crippen molar-refractivity contribution in [1.82, 2.24) is 5.32 Å². The van der Waals surface area contributed by atoms with Crippen molar-refractivity contribution in [2.24, 2.45) is 0 Å². The lowest BCUT2D eigenvalue weighted by molar-refractivity contribution is -0.115. The van der Waals surface area contributed by atoms with Gasteiger partial charge in [0.15, 0.2) is 11.6 Å². The van der Waals surface area contributed by atoms with Crippen LogP contribution >= 0.6 is 0 Å². The monoisotopic (exact) mass is 300 g/mol. The maximum Gasteiger partial charge on any atom is 0.238 e. The van der Waals surface area contributed by atoms with Gasteiger partial charge in [-0.3, -0.25) is 4.79 Å². The van der Waals surface area contributed by atoms with Crippen molar-refractivity contribution in [2.75, 3.05) is 52.4 Å². The minimum absolute atomic E-state index is 0.128. The number of halogens is 1. The third-order valence-electron chi connectivity index (χ3n) is 2.53. The van der Waals surface area contributed by atoms with E-state index in [0.29, 0.717) is 25.4 Å². The Labute approximate surface area is 123 Å². The molecule has 0 aliphatic heterocycles. The van der Waals surface area contributed by atoms with Gasteiger partial charge in [-0.2, -0.15) is 0 Å². The van der Waals surface area contributed by atoms with E-state index in [1.807, 2.05) is 0 Å². The van der Waals surface area contributed by atoms with E-state index in [-0.39, 0.29) is 24.8 Å². The Hall–Kier alpha value is -1.70. The molecule has 1 rings (SSSR count). The van der Waals surface area contributed by atoms with E-state index >= 15 is 0 Å². The van der Waals surface area contributed by atoms with Crippen LogP contribution in [0.3, 0.4) is 0 Å². The maximum atomic E-state index is 13.7. The first-order valence-corrected chi connectivity index (χ1v) is 6.58. The Kier molecular flexibility index (Phi) is 8.34. The van der Waals surface area contributed by atoms with Gasteiger partial charge in [-0.1, -0.05) is 0 Å². The van der Waals surface area contributed by atoms with Crippen molar-refractivity contribution in [3.05, 3.63) is 24.0 Å².